The summed E-state index contributed by atoms with van der Waals surface area (Å²) in [6.07, 6.45) is -3.12. The van der Waals surface area contributed by atoms with Gasteiger partial charge in [-0.2, -0.15) is 6.12 Å². The van der Waals surface area contributed by atoms with E-state index < -0.39 is 11.7 Å². The van der Waals surface area contributed by atoms with Crippen LogP contribution in [0.5, 0.6) is 0 Å². The van der Waals surface area contributed by atoms with E-state index in [4.69, 9.17) is 4.52 Å². The second-order valence-electron chi connectivity index (χ2n) is 2.65. The Morgan fingerprint density at radius 3 is 1.60 bits per heavy atom. The quantitative estimate of drug-likeness (QED) is 0.393. The van der Waals surface area contributed by atoms with Crippen LogP contribution in [0.25, 0.3) is 0 Å². The molecule has 0 unspecified atom stereocenters. The fourth-order valence-corrected chi connectivity index (χ4v) is 2.35. The summed E-state index contributed by atoms with van der Waals surface area (Å²) in [5.74, 6) is 0. The first kappa shape index (κ1) is 14.2. The third kappa shape index (κ3) is 12.4. The van der Waals surface area contributed by atoms with Crippen molar-refractivity contribution < 1.29 is 28.9 Å². The third-order valence-electron chi connectivity index (χ3n) is 0.386. The van der Waals surface area contributed by atoms with Crippen molar-refractivity contribution in [2.75, 3.05) is 0 Å². The Bertz CT molecular complexity index is 86.4. The molecule has 0 saturated heterocycles. The van der Waals surface area contributed by atoms with Crippen molar-refractivity contribution in [2.45, 2.75) is 26.4 Å². The molecular weight excluding hydrogens is 241 g/mol. The van der Waals surface area contributed by atoms with Gasteiger partial charge in [-0.15, -0.1) is 0 Å². The molecule has 0 aliphatic heterocycles. The average Bonchev–Trinajstić information content (AvgIpc) is 1.14. The van der Waals surface area contributed by atoms with Crippen LogP contribution in [0.15, 0.2) is 0 Å². The van der Waals surface area contributed by atoms with E-state index in [0.29, 0.717) is 0 Å². The molecule has 0 aliphatic rings. The first-order valence-corrected chi connectivity index (χ1v) is 6.09. The van der Waals surface area contributed by atoms with E-state index in [9.17, 15) is 4.89 Å². The minimum absolute atomic E-state index is 0. The van der Waals surface area contributed by atoms with Gasteiger partial charge in [-0.1, -0.05) is 0 Å². The van der Waals surface area contributed by atoms with Crippen molar-refractivity contribution >= 4 is 30.6 Å². The SMILES string of the molecule is CC(C)(C)O[P+]([O-])([S-])[S-].[Zn+2]. The van der Waals surface area contributed by atoms with Gasteiger partial charge in [0.2, 0.25) is 0 Å². The maximum atomic E-state index is 10.6. The predicted molar refractivity (Wildman–Crippen MR) is 42.5 cm³/mol. The van der Waals surface area contributed by atoms with E-state index in [2.05, 4.69) is 24.5 Å². The topological polar surface area (TPSA) is 32.3 Å². The maximum Gasteiger partial charge on any atom is 2.00 e. The van der Waals surface area contributed by atoms with Crippen molar-refractivity contribution in [3.05, 3.63) is 0 Å². The molecule has 2 nitrogen and oxygen atoms in total. The molecule has 0 heterocycles. The molecule has 56 valence electrons. The van der Waals surface area contributed by atoms with Crippen LogP contribution in [-0.4, -0.2) is 5.60 Å². The van der Waals surface area contributed by atoms with Crippen LogP contribution < -0.4 is 4.89 Å². The standard InChI is InChI=1S/C4H11O2PS2.Zn/c1-4(2,3)6-7(5,8)9;/h1-3H3,(H2,5,8,9);/q;+2/p-2. The minimum Gasteiger partial charge on any atom is -0.689 e. The van der Waals surface area contributed by atoms with E-state index in [0.717, 1.165) is 0 Å². The molecule has 0 rings (SSSR count). The molecule has 0 bridgehead atoms. The molecule has 0 aromatic heterocycles. The molecule has 0 fully saturated rings. The van der Waals surface area contributed by atoms with Gasteiger partial charge in [0.15, 0.2) is 0 Å². The number of rotatable bonds is 1. The summed E-state index contributed by atoms with van der Waals surface area (Å²) in [7, 11) is 0. The molecule has 0 spiro atoms. The molecule has 0 N–H and O–H groups in total. The van der Waals surface area contributed by atoms with Crippen molar-refractivity contribution in [3.8, 4) is 0 Å². The summed E-state index contributed by atoms with van der Waals surface area (Å²) in [4.78, 5) is 10.6. The summed E-state index contributed by atoms with van der Waals surface area (Å²) in [5, 5.41) is 0. The van der Waals surface area contributed by atoms with Crippen LogP contribution in [0.2, 0.25) is 0 Å². The Balaban J connectivity index is 0. The fourth-order valence-electron chi connectivity index (χ4n) is 0.335. The second-order valence-corrected chi connectivity index (χ2v) is 7.31. The van der Waals surface area contributed by atoms with E-state index >= 15 is 0 Å². The second kappa shape index (κ2) is 4.64. The Morgan fingerprint density at radius 2 is 1.60 bits per heavy atom. The molecule has 0 radical (unpaired) electrons. The van der Waals surface area contributed by atoms with Gasteiger partial charge in [-0.3, -0.25) is 4.52 Å². The van der Waals surface area contributed by atoms with Gasteiger partial charge in [-0.05, 0) is 20.8 Å². The predicted octanol–water partition coefficient (Wildman–Crippen LogP) is 0.931. The Labute approximate surface area is 85.7 Å². The summed E-state index contributed by atoms with van der Waals surface area (Å²) in [6.45, 7) is 5.29. The Hall–Kier alpha value is 1.67. The molecule has 6 heteroatoms. The van der Waals surface area contributed by atoms with Gasteiger partial charge >= 0.3 is 19.5 Å². The van der Waals surface area contributed by atoms with Gasteiger partial charge in [-0.25, -0.2) is 0 Å². The molecule has 0 aliphatic carbocycles. The zero-order valence-corrected chi connectivity index (χ0v) is 11.8. The molecule has 0 saturated carbocycles. The van der Waals surface area contributed by atoms with Gasteiger partial charge in [0, 0.05) is 0 Å². The van der Waals surface area contributed by atoms with Crippen LogP contribution in [0.1, 0.15) is 20.8 Å². The molecule has 0 amide bonds. The van der Waals surface area contributed by atoms with E-state index in [-0.39, 0.29) is 19.5 Å². The molecule has 10 heavy (non-hydrogen) atoms. The van der Waals surface area contributed by atoms with Crippen LogP contribution >= 0.6 is 6.12 Å². The number of hydrogen-bond acceptors (Lipinski definition) is 4. The van der Waals surface area contributed by atoms with Gasteiger partial charge < -0.3 is 29.4 Å². The van der Waals surface area contributed by atoms with Crippen LogP contribution in [-0.2, 0) is 48.5 Å². The molecule has 0 atom stereocenters. The summed E-state index contributed by atoms with van der Waals surface area (Å²) in [6, 6.07) is 0. The largest absolute Gasteiger partial charge is 2.00 e. The van der Waals surface area contributed by atoms with Crippen molar-refractivity contribution in [2.24, 2.45) is 0 Å². The van der Waals surface area contributed by atoms with Crippen molar-refractivity contribution in [1.82, 2.24) is 0 Å². The zero-order valence-electron chi connectivity index (χ0n) is 6.29. The zero-order chi connectivity index (χ0) is 7.71. The summed E-state index contributed by atoms with van der Waals surface area (Å²) < 4.78 is 4.81. The van der Waals surface area contributed by atoms with Crippen LogP contribution in [0.3, 0.4) is 0 Å². The summed E-state index contributed by atoms with van der Waals surface area (Å²) >= 11 is 8.76. The van der Waals surface area contributed by atoms with E-state index in [1.165, 1.54) is 0 Å². The summed E-state index contributed by atoms with van der Waals surface area (Å²) in [5.41, 5.74) is -0.487. The van der Waals surface area contributed by atoms with Gasteiger partial charge in [0.05, 0.1) is 5.60 Å². The van der Waals surface area contributed by atoms with E-state index in [1.54, 1.807) is 20.8 Å². The fraction of sp³-hybridized carbons (Fsp3) is 1.00. The third-order valence-corrected chi connectivity index (χ3v) is 1.60. The smallest absolute Gasteiger partial charge is 0.689 e. The van der Waals surface area contributed by atoms with Gasteiger partial charge in [0.1, 0.15) is 0 Å². The van der Waals surface area contributed by atoms with E-state index in [1.807, 2.05) is 0 Å². The Kier molecular flexibility index (Phi) is 6.59. The van der Waals surface area contributed by atoms with Crippen LogP contribution in [0.4, 0.5) is 0 Å². The first-order valence-electron chi connectivity index (χ1n) is 2.43. The minimum atomic E-state index is -3.12. The molecule has 0 aromatic rings. The maximum absolute atomic E-state index is 10.6. The average molecular weight is 250 g/mol. The molecule has 0 aromatic carbocycles. The monoisotopic (exact) mass is 248 g/mol. The first-order chi connectivity index (χ1) is 3.71. The van der Waals surface area contributed by atoms with Crippen LogP contribution in [0, 0.1) is 0 Å². The van der Waals surface area contributed by atoms with Crippen molar-refractivity contribution in [3.63, 3.8) is 0 Å². The van der Waals surface area contributed by atoms with Crippen molar-refractivity contribution in [1.29, 1.82) is 0 Å². The number of hydrogen-bond donors (Lipinski definition) is 0. The normalized spacial score (nSPS) is 12.6. The Morgan fingerprint density at radius 1 is 1.30 bits per heavy atom. The van der Waals surface area contributed by atoms with Gasteiger partial charge in [0.25, 0.3) is 0 Å². The molecular formula is C4H9O2PS2Zn.